The van der Waals surface area contributed by atoms with Gasteiger partial charge in [-0.2, -0.15) is 0 Å². The quantitative estimate of drug-likeness (QED) is 0.715. The largest absolute Gasteiger partial charge is 0.337 e. The van der Waals surface area contributed by atoms with Crippen LogP contribution in [0.25, 0.3) is 22.6 Å². The molecular weight excluding hydrogens is 236 g/mol. The van der Waals surface area contributed by atoms with Crippen LogP contribution in [-0.2, 0) is 0 Å². The lowest BCUT2D eigenvalue weighted by molar-refractivity contribution is 0.515. The Morgan fingerprint density at radius 3 is 2.67 bits per heavy atom. The third-order valence-corrected chi connectivity index (χ3v) is 2.68. The van der Waals surface area contributed by atoms with Gasteiger partial charge in [0.1, 0.15) is 11.2 Å². The van der Waals surface area contributed by atoms with Crippen LogP contribution in [0, 0.1) is 18.6 Å². The second-order valence-electron chi connectivity index (χ2n) is 4.01. The van der Waals surface area contributed by atoms with Crippen LogP contribution in [0.5, 0.6) is 0 Å². The summed E-state index contributed by atoms with van der Waals surface area (Å²) >= 11 is 0. The smallest absolute Gasteiger partial charge is 0.186 e. The Morgan fingerprint density at radius 1 is 1.06 bits per heavy atom. The first kappa shape index (κ1) is 10.8. The zero-order valence-corrected chi connectivity index (χ0v) is 9.54. The number of rotatable bonds is 1. The van der Waals surface area contributed by atoms with Gasteiger partial charge in [0.15, 0.2) is 17.5 Å². The lowest BCUT2D eigenvalue weighted by Crippen LogP contribution is -1.87. The van der Waals surface area contributed by atoms with Crippen molar-refractivity contribution in [3.8, 4) is 11.5 Å². The number of aromatic amines is 1. The van der Waals surface area contributed by atoms with Gasteiger partial charge in [0.2, 0.25) is 0 Å². The van der Waals surface area contributed by atoms with E-state index in [0.717, 1.165) is 11.8 Å². The molecule has 3 rings (SSSR count). The van der Waals surface area contributed by atoms with Gasteiger partial charge in [-0.25, -0.2) is 18.7 Å². The van der Waals surface area contributed by atoms with Crippen molar-refractivity contribution in [2.75, 3.05) is 0 Å². The Hall–Kier alpha value is -2.30. The molecule has 0 radical (unpaired) electrons. The molecule has 0 atom stereocenters. The predicted octanol–water partition coefficient (Wildman–Crippen LogP) is 3.21. The minimum atomic E-state index is -0.942. The molecule has 1 aromatic carbocycles. The number of benzene rings is 1. The molecule has 0 unspecified atom stereocenters. The van der Waals surface area contributed by atoms with Crippen molar-refractivity contribution < 1.29 is 8.78 Å². The molecule has 3 nitrogen and oxygen atoms in total. The van der Waals surface area contributed by atoms with Gasteiger partial charge in [-0.15, -0.1) is 0 Å². The molecule has 0 fully saturated rings. The average molecular weight is 245 g/mol. The number of aromatic nitrogens is 3. The van der Waals surface area contributed by atoms with E-state index in [1.54, 1.807) is 6.07 Å². The van der Waals surface area contributed by atoms with Gasteiger partial charge in [-0.1, -0.05) is 6.07 Å². The molecule has 90 valence electrons. The van der Waals surface area contributed by atoms with Crippen LogP contribution < -0.4 is 0 Å². The van der Waals surface area contributed by atoms with Crippen molar-refractivity contribution in [2.45, 2.75) is 6.92 Å². The van der Waals surface area contributed by atoms with Crippen LogP contribution in [0.4, 0.5) is 8.78 Å². The van der Waals surface area contributed by atoms with Crippen molar-refractivity contribution in [1.29, 1.82) is 0 Å². The lowest BCUT2D eigenvalue weighted by Gasteiger charge is -1.96. The average Bonchev–Trinajstić information content (AvgIpc) is 2.79. The summed E-state index contributed by atoms with van der Waals surface area (Å²) in [5, 5.41) is 0. The number of hydrogen-bond acceptors (Lipinski definition) is 2. The zero-order valence-electron chi connectivity index (χ0n) is 9.54. The van der Waals surface area contributed by atoms with Crippen molar-refractivity contribution in [3.63, 3.8) is 0 Å². The number of hydrogen-bond donors (Lipinski definition) is 1. The first-order valence-electron chi connectivity index (χ1n) is 5.43. The summed E-state index contributed by atoms with van der Waals surface area (Å²) in [6, 6.07) is 7.98. The number of nitrogens with one attached hydrogen (secondary N) is 1. The molecule has 0 amide bonds. The van der Waals surface area contributed by atoms with Crippen molar-refractivity contribution >= 4 is 11.0 Å². The first-order chi connectivity index (χ1) is 8.65. The molecule has 0 spiro atoms. The van der Waals surface area contributed by atoms with Gasteiger partial charge >= 0.3 is 0 Å². The highest BCUT2D eigenvalue weighted by molar-refractivity contribution is 5.79. The molecule has 5 heteroatoms. The number of imidazole rings is 1. The van der Waals surface area contributed by atoms with Gasteiger partial charge in [-0.3, -0.25) is 0 Å². The van der Waals surface area contributed by atoms with Gasteiger partial charge < -0.3 is 4.98 Å². The summed E-state index contributed by atoms with van der Waals surface area (Å²) in [6.07, 6.45) is 0. The molecule has 0 saturated heterocycles. The normalized spacial score (nSPS) is 11.1. The van der Waals surface area contributed by atoms with Crippen molar-refractivity contribution in [2.24, 2.45) is 0 Å². The van der Waals surface area contributed by atoms with Crippen molar-refractivity contribution in [3.05, 3.63) is 47.7 Å². The van der Waals surface area contributed by atoms with Crippen molar-refractivity contribution in [1.82, 2.24) is 15.0 Å². The maximum absolute atomic E-state index is 13.5. The van der Waals surface area contributed by atoms with E-state index < -0.39 is 11.6 Å². The highest BCUT2D eigenvalue weighted by Gasteiger charge is 2.13. The minimum Gasteiger partial charge on any atom is -0.337 e. The predicted molar refractivity (Wildman–Crippen MR) is 64.0 cm³/mol. The molecule has 0 bridgehead atoms. The molecule has 2 heterocycles. The molecule has 0 aliphatic carbocycles. The molecule has 0 aliphatic heterocycles. The first-order valence-corrected chi connectivity index (χ1v) is 5.43. The Labute approximate surface area is 102 Å². The van der Waals surface area contributed by atoms with Gasteiger partial charge in [-0.05, 0) is 31.2 Å². The van der Waals surface area contributed by atoms with Crippen LogP contribution in [-0.4, -0.2) is 15.0 Å². The third-order valence-electron chi connectivity index (χ3n) is 2.68. The van der Waals surface area contributed by atoms with Gasteiger partial charge in [0.25, 0.3) is 0 Å². The Morgan fingerprint density at radius 2 is 1.89 bits per heavy atom. The van der Waals surface area contributed by atoms with E-state index in [0.29, 0.717) is 17.0 Å². The minimum absolute atomic E-state index is 0.00620. The SMILES string of the molecule is Cc1cccc(-c2nc3c(F)c(F)ccc3[nH]2)n1. The second-order valence-corrected chi connectivity index (χ2v) is 4.01. The summed E-state index contributed by atoms with van der Waals surface area (Å²) in [6.45, 7) is 1.85. The fraction of sp³-hybridized carbons (Fsp3) is 0.0769. The summed E-state index contributed by atoms with van der Waals surface area (Å²) in [4.78, 5) is 11.3. The fourth-order valence-corrected chi connectivity index (χ4v) is 1.81. The topological polar surface area (TPSA) is 41.6 Å². The van der Waals surface area contributed by atoms with Crippen LogP contribution in [0.1, 0.15) is 5.69 Å². The number of pyridine rings is 1. The molecule has 3 aromatic rings. The number of H-pyrrole nitrogens is 1. The number of nitrogens with zero attached hydrogens (tertiary/aromatic N) is 2. The maximum Gasteiger partial charge on any atom is 0.186 e. The van der Waals surface area contributed by atoms with Crippen LogP contribution in [0.2, 0.25) is 0 Å². The van der Waals surface area contributed by atoms with Crippen LogP contribution >= 0.6 is 0 Å². The molecule has 1 N–H and O–H groups in total. The van der Waals surface area contributed by atoms with Gasteiger partial charge in [0.05, 0.1) is 5.52 Å². The Bertz CT molecular complexity index is 734. The highest BCUT2D eigenvalue weighted by Crippen LogP contribution is 2.22. The highest BCUT2D eigenvalue weighted by atomic mass is 19.2. The molecule has 0 aliphatic rings. The summed E-state index contributed by atoms with van der Waals surface area (Å²) in [5.74, 6) is -1.42. The second kappa shape index (κ2) is 3.87. The van der Waals surface area contributed by atoms with E-state index in [1.165, 1.54) is 6.07 Å². The Kier molecular flexibility index (Phi) is 2.33. The van der Waals surface area contributed by atoms with Crippen LogP contribution in [0.3, 0.4) is 0 Å². The standard InChI is InChI=1S/C13H9F2N3/c1-7-3-2-4-10(16-7)13-17-9-6-5-8(14)11(15)12(9)18-13/h2-6H,1H3,(H,17,18). The van der Waals surface area contributed by atoms with E-state index in [4.69, 9.17) is 0 Å². The molecule has 18 heavy (non-hydrogen) atoms. The summed E-state index contributed by atoms with van der Waals surface area (Å²) < 4.78 is 26.6. The van der Waals surface area contributed by atoms with E-state index in [9.17, 15) is 8.78 Å². The number of halogens is 2. The lowest BCUT2D eigenvalue weighted by atomic mass is 10.3. The summed E-state index contributed by atoms with van der Waals surface area (Å²) in [7, 11) is 0. The van der Waals surface area contributed by atoms with E-state index in [2.05, 4.69) is 15.0 Å². The molecule has 0 saturated carbocycles. The van der Waals surface area contributed by atoms with E-state index in [1.807, 2.05) is 19.1 Å². The zero-order chi connectivity index (χ0) is 12.7. The Balaban J connectivity index is 2.23. The maximum atomic E-state index is 13.5. The summed E-state index contributed by atoms with van der Waals surface area (Å²) in [5.41, 5.74) is 1.88. The van der Waals surface area contributed by atoms with Crippen LogP contribution in [0.15, 0.2) is 30.3 Å². The monoisotopic (exact) mass is 245 g/mol. The van der Waals surface area contributed by atoms with E-state index in [-0.39, 0.29) is 5.52 Å². The third kappa shape index (κ3) is 1.64. The fourth-order valence-electron chi connectivity index (χ4n) is 1.81. The van der Waals surface area contributed by atoms with Gasteiger partial charge in [0, 0.05) is 5.69 Å². The number of fused-ring (bicyclic) bond motifs is 1. The number of aryl methyl sites for hydroxylation is 1. The molecule has 2 aromatic heterocycles. The van der Waals surface area contributed by atoms with E-state index >= 15 is 0 Å². The molecular formula is C13H9F2N3.